The van der Waals surface area contributed by atoms with E-state index >= 15 is 0 Å². The monoisotopic (exact) mass is 268 g/mol. The number of urea groups is 1. The van der Waals surface area contributed by atoms with Crippen LogP contribution in [0.1, 0.15) is 11.1 Å². The zero-order valence-electron chi connectivity index (χ0n) is 11.1. The number of carbonyl (C=O) groups excluding carboxylic acids is 1. The predicted molar refractivity (Wildman–Crippen MR) is 77.3 cm³/mol. The quantitative estimate of drug-likeness (QED) is 0.870. The van der Waals surface area contributed by atoms with Gasteiger partial charge in [0.2, 0.25) is 0 Å². The second kappa shape index (κ2) is 5.75. The Labute approximate surface area is 117 Å². The van der Waals surface area contributed by atoms with E-state index in [1.54, 1.807) is 4.90 Å². The molecule has 0 aromatic heterocycles. The summed E-state index contributed by atoms with van der Waals surface area (Å²) in [5, 5.41) is 0. The molecular weight excluding hydrogens is 252 g/mol. The van der Waals surface area contributed by atoms with E-state index in [1.807, 2.05) is 54.6 Å². The average Bonchev–Trinajstić information content (AvgIpc) is 2.92. The first kappa shape index (κ1) is 12.7. The number of nitrogens with one attached hydrogen (secondary N) is 1. The highest BCUT2D eigenvalue weighted by atomic mass is 16.7. The average molecular weight is 268 g/mol. The topological polar surface area (TPSA) is 41.6 Å². The van der Waals surface area contributed by atoms with Crippen LogP contribution >= 0.6 is 0 Å². The zero-order valence-corrected chi connectivity index (χ0v) is 11.1. The van der Waals surface area contributed by atoms with Crippen LogP contribution in [-0.4, -0.2) is 12.6 Å². The molecule has 1 aliphatic heterocycles. The van der Waals surface area contributed by atoms with E-state index in [9.17, 15) is 4.79 Å². The number of fused-ring (bicyclic) bond motifs is 1. The number of benzene rings is 2. The number of nitrogens with zero attached hydrogens (tertiary/aromatic N) is 1. The molecule has 2 amide bonds. The Balaban J connectivity index is 1.56. The van der Waals surface area contributed by atoms with E-state index in [0.717, 1.165) is 17.7 Å². The van der Waals surface area contributed by atoms with Gasteiger partial charge in [-0.1, -0.05) is 48.5 Å². The summed E-state index contributed by atoms with van der Waals surface area (Å²) in [6.45, 7) is 1.06. The molecule has 4 heteroatoms. The van der Waals surface area contributed by atoms with E-state index in [0.29, 0.717) is 13.2 Å². The van der Waals surface area contributed by atoms with Gasteiger partial charge in [0, 0.05) is 12.2 Å². The number of hydrogen-bond donors (Lipinski definition) is 1. The van der Waals surface area contributed by atoms with E-state index in [-0.39, 0.29) is 6.03 Å². The lowest BCUT2D eigenvalue weighted by Gasteiger charge is -2.17. The molecule has 0 saturated heterocycles. The molecule has 0 aliphatic carbocycles. The Hall–Kier alpha value is -2.33. The van der Waals surface area contributed by atoms with Crippen molar-refractivity contribution >= 4 is 11.7 Å². The molecule has 0 unspecified atom stereocenters. The van der Waals surface area contributed by atoms with Crippen LogP contribution in [0.25, 0.3) is 0 Å². The number of hydroxylamine groups is 1. The second-order valence-corrected chi connectivity index (χ2v) is 4.71. The standard InChI is InChI=1S/C16H16N2O2/c19-16(17-20-12-13-6-2-1-3-7-13)18-11-10-14-8-4-5-9-15(14)18/h1-9H,10-12H2,(H,17,19). The minimum atomic E-state index is -0.217. The third kappa shape index (κ3) is 2.65. The van der Waals surface area contributed by atoms with Crippen molar-refractivity contribution in [1.82, 2.24) is 5.48 Å². The first-order valence-electron chi connectivity index (χ1n) is 6.66. The molecule has 0 fully saturated rings. The molecule has 2 aromatic carbocycles. The van der Waals surface area contributed by atoms with Crippen molar-refractivity contribution < 1.29 is 9.63 Å². The second-order valence-electron chi connectivity index (χ2n) is 4.71. The summed E-state index contributed by atoms with van der Waals surface area (Å²) < 4.78 is 0. The van der Waals surface area contributed by atoms with Crippen LogP contribution in [-0.2, 0) is 17.9 Å². The molecular formula is C16H16N2O2. The van der Waals surface area contributed by atoms with E-state index in [2.05, 4.69) is 5.48 Å². The third-order valence-corrected chi connectivity index (χ3v) is 3.37. The SMILES string of the molecule is O=C(NOCc1ccccc1)N1CCc2ccccc21. The minimum Gasteiger partial charge on any atom is -0.292 e. The predicted octanol–water partition coefficient (Wildman–Crippen LogP) is 2.89. The number of rotatable bonds is 3. The maximum Gasteiger partial charge on any atom is 0.345 e. The molecule has 1 heterocycles. The fourth-order valence-electron chi connectivity index (χ4n) is 2.36. The smallest absolute Gasteiger partial charge is 0.292 e. The van der Waals surface area contributed by atoms with E-state index in [4.69, 9.17) is 4.84 Å². The lowest BCUT2D eigenvalue weighted by Crippen LogP contribution is -2.38. The maximum absolute atomic E-state index is 12.1. The molecule has 0 spiro atoms. The summed E-state index contributed by atoms with van der Waals surface area (Å²) in [6.07, 6.45) is 0.891. The van der Waals surface area contributed by atoms with Gasteiger partial charge < -0.3 is 0 Å². The van der Waals surface area contributed by atoms with Gasteiger partial charge in [0.25, 0.3) is 0 Å². The maximum atomic E-state index is 12.1. The largest absolute Gasteiger partial charge is 0.345 e. The fraction of sp³-hybridized carbons (Fsp3) is 0.188. The number of anilines is 1. The molecule has 1 N–H and O–H groups in total. The number of carbonyl (C=O) groups is 1. The van der Waals surface area contributed by atoms with Crippen molar-refractivity contribution in [3.63, 3.8) is 0 Å². The summed E-state index contributed by atoms with van der Waals surface area (Å²) >= 11 is 0. The van der Waals surface area contributed by atoms with Gasteiger partial charge >= 0.3 is 6.03 Å². The molecule has 4 nitrogen and oxygen atoms in total. The van der Waals surface area contributed by atoms with Crippen LogP contribution in [0.2, 0.25) is 0 Å². The third-order valence-electron chi connectivity index (χ3n) is 3.37. The van der Waals surface area contributed by atoms with Crippen LogP contribution in [0.5, 0.6) is 0 Å². The summed E-state index contributed by atoms with van der Waals surface area (Å²) in [5.74, 6) is 0. The molecule has 102 valence electrons. The van der Waals surface area contributed by atoms with Gasteiger partial charge in [0.15, 0.2) is 0 Å². The van der Waals surface area contributed by atoms with E-state index < -0.39 is 0 Å². The van der Waals surface area contributed by atoms with Gasteiger partial charge in [-0.3, -0.25) is 9.74 Å². The number of hydrogen-bond acceptors (Lipinski definition) is 2. The summed E-state index contributed by atoms with van der Waals surface area (Å²) in [5.41, 5.74) is 5.69. The van der Waals surface area contributed by atoms with Gasteiger partial charge in [-0.25, -0.2) is 10.3 Å². The van der Waals surface area contributed by atoms with Gasteiger partial charge in [-0.15, -0.1) is 0 Å². The Kier molecular flexibility index (Phi) is 3.65. The minimum absolute atomic E-state index is 0.217. The molecule has 0 radical (unpaired) electrons. The van der Waals surface area contributed by atoms with Crippen molar-refractivity contribution in [3.05, 3.63) is 65.7 Å². The molecule has 0 atom stereocenters. The highest BCUT2D eigenvalue weighted by Gasteiger charge is 2.23. The van der Waals surface area contributed by atoms with Crippen molar-refractivity contribution in [2.75, 3.05) is 11.4 Å². The summed E-state index contributed by atoms with van der Waals surface area (Å²) in [6, 6.07) is 17.5. The molecule has 20 heavy (non-hydrogen) atoms. The normalized spacial score (nSPS) is 13.1. The van der Waals surface area contributed by atoms with Gasteiger partial charge in [-0.2, -0.15) is 0 Å². The van der Waals surface area contributed by atoms with Crippen molar-refractivity contribution in [2.45, 2.75) is 13.0 Å². The van der Waals surface area contributed by atoms with Crippen LogP contribution in [0.15, 0.2) is 54.6 Å². The van der Waals surface area contributed by atoms with Gasteiger partial charge in [0.1, 0.15) is 0 Å². The first-order chi connectivity index (χ1) is 9.84. The number of amides is 2. The molecule has 3 rings (SSSR count). The molecule has 2 aromatic rings. The van der Waals surface area contributed by atoms with E-state index in [1.165, 1.54) is 5.56 Å². The van der Waals surface area contributed by atoms with Crippen LogP contribution in [0, 0.1) is 0 Å². The lowest BCUT2D eigenvalue weighted by molar-refractivity contribution is 0.0515. The number of para-hydroxylation sites is 1. The molecule has 0 saturated carbocycles. The van der Waals surface area contributed by atoms with Crippen molar-refractivity contribution in [2.24, 2.45) is 0 Å². The van der Waals surface area contributed by atoms with Crippen LogP contribution in [0.4, 0.5) is 10.5 Å². The van der Waals surface area contributed by atoms with Gasteiger partial charge in [-0.05, 0) is 23.6 Å². The Bertz CT molecular complexity index is 598. The summed E-state index contributed by atoms with van der Waals surface area (Å²) in [4.78, 5) is 19.1. The van der Waals surface area contributed by atoms with Gasteiger partial charge in [0.05, 0.1) is 6.61 Å². The van der Waals surface area contributed by atoms with Crippen molar-refractivity contribution in [1.29, 1.82) is 0 Å². The zero-order chi connectivity index (χ0) is 13.8. The Morgan fingerprint density at radius 3 is 2.70 bits per heavy atom. The fourth-order valence-corrected chi connectivity index (χ4v) is 2.36. The highest BCUT2D eigenvalue weighted by molar-refractivity contribution is 5.93. The lowest BCUT2D eigenvalue weighted by atomic mass is 10.2. The molecule has 0 bridgehead atoms. The van der Waals surface area contributed by atoms with Crippen LogP contribution < -0.4 is 10.4 Å². The van der Waals surface area contributed by atoms with Crippen LogP contribution in [0.3, 0.4) is 0 Å². The first-order valence-corrected chi connectivity index (χ1v) is 6.66. The molecule has 1 aliphatic rings. The Morgan fingerprint density at radius 2 is 1.85 bits per heavy atom. The summed E-state index contributed by atoms with van der Waals surface area (Å²) in [7, 11) is 0. The highest BCUT2D eigenvalue weighted by Crippen LogP contribution is 2.27. The Morgan fingerprint density at radius 1 is 1.10 bits per heavy atom. The van der Waals surface area contributed by atoms with Crippen molar-refractivity contribution in [3.8, 4) is 0 Å².